The number of nitrogens with one attached hydrogen (secondary N) is 1. The van der Waals surface area contributed by atoms with E-state index in [0.717, 1.165) is 16.9 Å². The first-order chi connectivity index (χ1) is 11.9. The molecule has 1 unspecified atom stereocenters. The number of carbonyl (C=O) groups excluding carboxylic acids is 2. The fourth-order valence-electron chi connectivity index (χ4n) is 3.88. The molecule has 2 aliphatic heterocycles. The number of benzene rings is 1. The van der Waals surface area contributed by atoms with Crippen molar-refractivity contribution in [1.29, 1.82) is 0 Å². The van der Waals surface area contributed by atoms with Gasteiger partial charge in [-0.2, -0.15) is 0 Å². The zero-order chi connectivity index (χ0) is 18.0. The Morgan fingerprint density at radius 2 is 1.96 bits per heavy atom. The van der Waals surface area contributed by atoms with Crippen molar-refractivity contribution < 1.29 is 19.4 Å². The van der Waals surface area contributed by atoms with Crippen LogP contribution >= 0.6 is 0 Å². The number of nitrogens with zero attached hydrogens (tertiary/aromatic N) is 1. The first-order valence-corrected chi connectivity index (χ1v) is 8.84. The number of para-hydroxylation sites is 1. The zero-order valence-electron chi connectivity index (χ0n) is 14.9. The number of amides is 2. The van der Waals surface area contributed by atoms with E-state index < -0.39 is 11.5 Å². The summed E-state index contributed by atoms with van der Waals surface area (Å²) in [6.07, 6.45) is 1.17. The van der Waals surface area contributed by atoms with E-state index in [2.05, 4.69) is 5.32 Å². The highest BCUT2D eigenvalue weighted by Gasteiger charge is 2.45. The maximum absolute atomic E-state index is 12.5. The van der Waals surface area contributed by atoms with Gasteiger partial charge in [-0.3, -0.25) is 9.59 Å². The number of aliphatic hydroxyl groups excluding tert-OH is 1. The standard InChI is InChI=1S/C19H26N2O4/c1-13-4-3-5-14(2)17(13)25-12-16(23)21-8-6-19(7-9-21)10-15(22)11-20-18(19)24/h3-5,15,22H,6-12H2,1-2H3,(H,20,24). The minimum absolute atomic E-state index is 0.00746. The molecule has 2 amide bonds. The van der Waals surface area contributed by atoms with Gasteiger partial charge in [-0.05, 0) is 44.2 Å². The monoisotopic (exact) mass is 346 g/mol. The van der Waals surface area contributed by atoms with Crippen LogP contribution in [0.5, 0.6) is 5.75 Å². The highest BCUT2D eigenvalue weighted by Crippen LogP contribution is 2.38. The molecule has 1 aromatic carbocycles. The fraction of sp³-hybridized carbons (Fsp3) is 0.579. The van der Waals surface area contributed by atoms with Crippen molar-refractivity contribution in [2.24, 2.45) is 5.41 Å². The Hall–Kier alpha value is -2.08. The molecule has 6 heteroatoms. The van der Waals surface area contributed by atoms with E-state index in [1.165, 1.54) is 0 Å². The van der Waals surface area contributed by atoms with Crippen molar-refractivity contribution in [1.82, 2.24) is 10.2 Å². The lowest BCUT2D eigenvalue weighted by atomic mass is 9.71. The summed E-state index contributed by atoms with van der Waals surface area (Å²) >= 11 is 0. The molecule has 0 aliphatic carbocycles. The lowest BCUT2D eigenvalue weighted by Gasteiger charge is -2.44. The lowest BCUT2D eigenvalue weighted by Crippen LogP contribution is -2.56. The molecule has 2 fully saturated rings. The van der Waals surface area contributed by atoms with Crippen LogP contribution in [0.4, 0.5) is 0 Å². The molecular formula is C19H26N2O4. The fourth-order valence-corrected chi connectivity index (χ4v) is 3.88. The van der Waals surface area contributed by atoms with Gasteiger partial charge < -0.3 is 20.1 Å². The molecule has 2 heterocycles. The van der Waals surface area contributed by atoms with Gasteiger partial charge in [0.05, 0.1) is 11.5 Å². The molecule has 0 bridgehead atoms. The number of rotatable bonds is 3. The zero-order valence-corrected chi connectivity index (χ0v) is 14.9. The van der Waals surface area contributed by atoms with Crippen LogP contribution in [0.1, 0.15) is 30.4 Å². The van der Waals surface area contributed by atoms with E-state index in [1.54, 1.807) is 4.90 Å². The van der Waals surface area contributed by atoms with Gasteiger partial charge in [-0.25, -0.2) is 0 Å². The van der Waals surface area contributed by atoms with Crippen molar-refractivity contribution in [3.05, 3.63) is 29.3 Å². The predicted molar refractivity (Wildman–Crippen MR) is 93.3 cm³/mol. The van der Waals surface area contributed by atoms with Gasteiger partial charge in [0.1, 0.15) is 5.75 Å². The summed E-state index contributed by atoms with van der Waals surface area (Å²) in [6, 6.07) is 5.89. The van der Waals surface area contributed by atoms with E-state index in [-0.39, 0.29) is 18.4 Å². The van der Waals surface area contributed by atoms with Crippen LogP contribution in [0.25, 0.3) is 0 Å². The summed E-state index contributed by atoms with van der Waals surface area (Å²) in [4.78, 5) is 26.4. The molecule has 6 nitrogen and oxygen atoms in total. The summed E-state index contributed by atoms with van der Waals surface area (Å²) in [5.41, 5.74) is 1.50. The van der Waals surface area contributed by atoms with Crippen LogP contribution in [0.15, 0.2) is 18.2 Å². The molecule has 2 N–H and O–H groups in total. The van der Waals surface area contributed by atoms with E-state index in [4.69, 9.17) is 4.74 Å². The van der Waals surface area contributed by atoms with Gasteiger partial charge in [-0.1, -0.05) is 18.2 Å². The van der Waals surface area contributed by atoms with Crippen LogP contribution in [-0.4, -0.2) is 54.2 Å². The SMILES string of the molecule is Cc1cccc(C)c1OCC(=O)N1CCC2(CC1)CC(O)CNC2=O. The van der Waals surface area contributed by atoms with Gasteiger partial charge in [0.2, 0.25) is 5.91 Å². The van der Waals surface area contributed by atoms with Crippen LogP contribution in [0.2, 0.25) is 0 Å². The summed E-state index contributed by atoms with van der Waals surface area (Å²) in [5, 5.41) is 12.6. The van der Waals surface area contributed by atoms with Crippen LogP contribution in [0.3, 0.4) is 0 Å². The number of carbonyl (C=O) groups is 2. The summed E-state index contributed by atoms with van der Waals surface area (Å²) < 4.78 is 5.75. The second-order valence-corrected chi connectivity index (χ2v) is 7.24. The molecule has 0 radical (unpaired) electrons. The predicted octanol–water partition coefficient (Wildman–Crippen LogP) is 1.17. The summed E-state index contributed by atoms with van der Waals surface area (Å²) in [5.74, 6) is 0.713. The first-order valence-electron chi connectivity index (χ1n) is 8.84. The summed E-state index contributed by atoms with van der Waals surface area (Å²) in [6.45, 7) is 5.31. The third kappa shape index (κ3) is 3.63. The van der Waals surface area contributed by atoms with Gasteiger partial charge >= 0.3 is 0 Å². The number of hydrogen-bond acceptors (Lipinski definition) is 4. The molecular weight excluding hydrogens is 320 g/mol. The largest absolute Gasteiger partial charge is 0.483 e. The molecule has 2 saturated heterocycles. The lowest BCUT2D eigenvalue weighted by molar-refractivity contribution is -0.146. The van der Waals surface area contributed by atoms with Gasteiger partial charge in [0, 0.05) is 19.6 Å². The maximum Gasteiger partial charge on any atom is 0.260 e. The Balaban J connectivity index is 1.56. The van der Waals surface area contributed by atoms with Crippen LogP contribution in [-0.2, 0) is 9.59 Å². The normalized spacial score (nSPS) is 22.6. The third-order valence-corrected chi connectivity index (χ3v) is 5.43. The van der Waals surface area contributed by atoms with Crippen molar-refractivity contribution in [2.45, 2.75) is 39.2 Å². The molecule has 2 aliphatic rings. The van der Waals surface area contributed by atoms with E-state index >= 15 is 0 Å². The first kappa shape index (κ1) is 17.7. The third-order valence-electron chi connectivity index (χ3n) is 5.43. The topological polar surface area (TPSA) is 78.9 Å². The molecule has 1 spiro atoms. The number of piperidine rings is 2. The molecule has 0 saturated carbocycles. The number of hydrogen-bond donors (Lipinski definition) is 2. The van der Waals surface area contributed by atoms with Gasteiger partial charge in [-0.15, -0.1) is 0 Å². The number of aryl methyl sites for hydroxylation is 2. The average molecular weight is 346 g/mol. The van der Waals surface area contributed by atoms with Crippen LogP contribution in [0, 0.1) is 19.3 Å². The Bertz CT molecular complexity index is 645. The van der Waals surface area contributed by atoms with Crippen LogP contribution < -0.4 is 10.1 Å². The average Bonchev–Trinajstić information content (AvgIpc) is 2.58. The second-order valence-electron chi connectivity index (χ2n) is 7.24. The molecule has 1 aromatic rings. The van der Waals surface area contributed by atoms with Crippen molar-refractivity contribution in [3.63, 3.8) is 0 Å². The minimum atomic E-state index is -0.526. The molecule has 0 aromatic heterocycles. The number of aliphatic hydroxyl groups is 1. The molecule has 1 atom stereocenters. The molecule has 25 heavy (non-hydrogen) atoms. The van der Waals surface area contributed by atoms with Crippen molar-refractivity contribution >= 4 is 11.8 Å². The van der Waals surface area contributed by atoms with Crippen molar-refractivity contribution in [2.75, 3.05) is 26.2 Å². The number of likely N-dealkylation sites (tertiary alicyclic amines) is 1. The number of β-amino-alcohol motifs (C(OH)–C–C–N with tert-alkyl or cyclic N) is 1. The highest BCUT2D eigenvalue weighted by molar-refractivity contribution is 5.84. The smallest absolute Gasteiger partial charge is 0.260 e. The van der Waals surface area contributed by atoms with Gasteiger partial charge in [0.25, 0.3) is 5.91 Å². The Morgan fingerprint density at radius 1 is 1.32 bits per heavy atom. The Morgan fingerprint density at radius 3 is 2.60 bits per heavy atom. The van der Waals surface area contributed by atoms with Crippen molar-refractivity contribution in [3.8, 4) is 5.75 Å². The van der Waals surface area contributed by atoms with Gasteiger partial charge in [0.15, 0.2) is 6.61 Å². The Kier molecular flexibility index (Phi) is 4.99. The molecule has 3 rings (SSSR count). The molecule has 136 valence electrons. The summed E-state index contributed by atoms with van der Waals surface area (Å²) in [7, 11) is 0. The van der Waals surface area contributed by atoms with E-state index in [9.17, 15) is 14.7 Å². The van der Waals surface area contributed by atoms with E-state index in [1.807, 2.05) is 32.0 Å². The van der Waals surface area contributed by atoms with E-state index in [0.29, 0.717) is 38.9 Å². The highest BCUT2D eigenvalue weighted by atomic mass is 16.5. The second kappa shape index (κ2) is 7.04. The Labute approximate surface area is 148 Å². The minimum Gasteiger partial charge on any atom is -0.483 e. The number of ether oxygens (including phenoxy) is 1. The quantitative estimate of drug-likeness (QED) is 0.861. The maximum atomic E-state index is 12.5.